The molecule has 2 amide bonds. The van der Waals surface area contributed by atoms with Crippen LogP contribution in [0.25, 0.3) is 0 Å². The Morgan fingerprint density at radius 1 is 0.786 bits per heavy atom. The van der Waals surface area contributed by atoms with E-state index in [9.17, 15) is 9.59 Å². The van der Waals surface area contributed by atoms with E-state index in [4.69, 9.17) is 4.74 Å². The highest BCUT2D eigenvalue weighted by atomic mass is 31.2. The lowest BCUT2D eigenvalue weighted by Gasteiger charge is -2.28. The van der Waals surface area contributed by atoms with Crippen LogP contribution in [0.2, 0.25) is 0 Å². The van der Waals surface area contributed by atoms with Crippen LogP contribution in [0.5, 0.6) is 0 Å². The quantitative estimate of drug-likeness (QED) is 0.645. The number of imide groups is 1. The van der Waals surface area contributed by atoms with Crippen LogP contribution in [0.3, 0.4) is 0 Å². The SMILES string of the molecule is O=C(C=P(c1ccccc1)(c1ccccc1)c1ccccc1)N1CCOC1=O. The normalized spacial score (nSPS) is 13.9. The van der Waals surface area contributed by atoms with Gasteiger partial charge in [0.1, 0.15) is 6.61 Å². The fraction of sp³-hybridized carbons (Fsp3) is 0.0870. The summed E-state index contributed by atoms with van der Waals surface area (Å²) in [6.07, 6.45) is -0.575. The average molecular weight is 389 g/mol. The maximum Gasteiger partial charge on any atom is 0.416 e. The molecule has 1 aliphatic rings. The van der Waals surface area contributed by atoms with Gasteiger partial charge in [-0.3, -0.25) is 4.79 Å². The Bertz CT molecular complexity index is 930. The zero-order valence-electron chi connectivity index (χ0n) is 15.3. The van der Waals surface area contributed by atoms with Crippen LogP contribution < -0.4 is 15.9 Å². The van der Waals surface area contributed by atoms with E-state index in [1.54, 1.807) is 5.80 Å². The molecular weight excluding hydrogens is 369 g/mol. The van der Waals surface area contributed by atoms with Gasteiger partial charge in [0.05, 0.1) is 6.54 Å². The first-order valence-electron chi connectivity index (χ1n) is 9.11. The highest BCUT2D eigenvalue weighted by Gasteiger charge is 2.32. The minimum absolute atomic E-state index is 0.242. The van der Waals surface area contributed by atoms with E-state index in [-0.39, 0.29) is 19.1 Å². The maximum absolute atomic E-state index is 13.2. The number of carbonyl (C=O) groups is 2. The van der Waals surface area contributed by atoms with E-state index in [2.05, 4.69) is 36.4 Å². The second-order valence-corrected chi connectivity index (χ2v) is 9.72. The minimum Gasteiger partial charge on any atom is -0.447 e. The van der Waals surface area contributed by atoms with Gasteiger partial charge in [0.25, 0.3) is 5.91 Å². The number of rotatable bonds is 4. The van der Waals surface area contributed by atoms with Crippen molar-refractivity contribution in [1.82, 2.24) is 4.90 Å². The fourth-order valence-electron chi connectivity index (χ4n) is 3.49. The van der Waals surface area contributed by atoms with E-state index < -0.39 is 13.0 Å². The second kappa shape index (κ2) is 7.87. The van der Waals surface area contributed by atoms with Gasteiger partial charge in [0, 0.05) is 5.80 Å². The van der Waals surface area contributed by atoms with Gasteiger partial charge in [-0.2, -0.15) is 0 Å². The van der Waals surface area contributed by atoms with Crippen molar-refractivity contribution in [1.29, 1.82) is 0 Å². The molecule has 0 N–H and O–H groups in total. The molecule has 0 spiro atoms. The molecule has 3 aromatic carbocycles. The number of cyclic esters (lactones) is 1. The Kier molecular flexibility index (Phi) is 5.14. The zero-order chi connectivity index (χ0) is 19.4. The predicted octanol–water partition coefficient (Wildman–Crippen LogP) is 2.76. The molecule has 0 aliphatic carbocycles. The lowest BCUT2D eigenvalue weighted by molar-refractivity contribution is -0.120. The molecule has 0 aromatic heterocycles. The Balaban J connectivity index is 2.03. The lowest BCUT2D eigenvalue weighted by Crippen LogP contribution is -2.36. The first kappa shape index (κ1) is 18.3. The number of hydrogen-bond donors (Lipinski definition) is 0. The standard InChI is InChI=1S/C23H20NO3P/c25-22(24-16-17-27-23(24)26)18-28(19-10-4-1-5-11-19,20-12-6-2-7-13-20)21-14-8-3-9-15-21/h1-15,18H,16-17H2. The van der Waals surface area contributed by atoms with Crippen molar-refractivity contribution in [3.63, 3.8) is 0 Å². The zero-order valence-corrected chi connectivity index (χ0v) is 16.2. The van der Waals surface area contributed by atoms with Crippen molar-refractivity contribution in [2.24, 2.45) is 0 Å². The number of ether oxygens (including phenoxy) is 1. The smallest absolute Gasteiger partial charge is 0.416 e. The third-order valence-corrected chi connectivity index (χ3v) is 8.77. The van der Waals surface area contributed by atoms with Crippen LogP contribution in [-0.2, 0) is 9.53 Å². The number of benzene rings is 3. The minimum atomic E-state index is -2.41. The number of carbonyl (C=O) groups excluding carboxylic acids is 2. The topological polar surface area (TPSA) is 46.6 Å². The third kappa shape index (κ3) is 3.28. The van der Waals surface area contributed by atoms with Gasteiger partial charge in [-0.05, 0) is 22.8 Å². The predicted molar refractivity (Wildman–Crippen MR) is 114 cm³/mol. The molecule has 3 aromatic rings. The molecule has 1 aliphatic heterocycles. The molecule has 5 heteroatoms. The third-order valence-electron chi connectivity index (χ3n) is 4.82. The number of amides is 2. The van der Waals surface area contributed by atoms with E-state index in [1.165, 1.54) is 4.90 Å². The van der Waals surface area contributed by atoms with Crippen molar-refractivity contribution in [3.8, 4) is 0 Å². The Morgan fingerprint density at radius 2 is 1.21 bits per heavy atom. The Morgan fingerprint density at radius 3 is 1.57 bits per heavy atom. The molecule has 0 atom stereocenters. The van der Waals surface area contributed by atoms with Gasteiger partial charge in [0.2, 0.25) is 0 Å². The van der Waals surface area contributed by atoms with Crippen LogP contribution in [0, 0.1) is 0 Å². The number of nitrogens with zero attached hydrogens (tertiary/aromatic N) is 1. The summed E-state index contributed by atoms with van der Waals surface area (Å²) in [4.78, 5) is 26.4. The monoisotopic (exact) mass is 389 g/mol. The lowest BCUT2D eigenvalue weighted by atomic mass is 10.4. The highest BCUT2D eigenvalue weighted by molar-refractivity contribution is 7.95. The molecule has 4 nitrogen and oxygen atoms in total. The van der Waals surface area contributed by atoms with Crippen molar-refractivity contribution in [2.75, 3.05) is 13.2 Å². The van der Waals surface area contributed by atoms with Gasteiger partial charge in [0.15, 0.2) is 0 Å². The van der Waals surface area contributed by atoms with Crippen LogP contribution in [-0.4, -0.2) is 35.8 Å². The molecule has 0 bridgehead atoms. The van der Waals surface area contributed by atoms with Crippen LogP contribution in [0.4, 0.5) is 4.79 Å². The summed E-state index contributed by atoms with van der Waals surface area (Å²) in [7, 11) is 0. The maximum atomic E-state index is 13.2. The summed E-state index contributed by atoms with van der Waals surface area (Å²) in [5.41, 5.74) is 0. The van der Waals surface area contributed by atoms with E-state index in [1.807, 2.05) is 54.6 Å². The molecule has 0 saturated carbocycles. The summed E-state index contributed by atoms with van der Waals surface area (Å²) in [5, 5.41) is 3.19. The number of hydrogen-bond acceptors (Lipinski definition) is 3. The van der Waals surface area contributed by atoms with E-state index in [0.29, 0.717) is 0 Å². The molecule has 1 saturated heterocycles. The molecule has 28 heavy (non-hydrogen) atoms. The molecule has 1 heterocycles. The summed E-state index contributed by atoms with van der Waals surface area (Å²) < 4.78 is 4.98. The summed E-state index contributed by atoms with van der Waals surface area (Å²) >= 11 is 0. The summed E-state index contributed by atoms with van der Waals surface area (Å²) in [5.74, 6) is 1.44. The average Bonchev–Trinajstić information content (AvgIpc) is 3.20. The van der Waals surface area contributed by atoms with Crippen molar-refractivity contribution >= 4 is 40.6 Å². The highest BCUT2D eigenvalue weighted by Crippen LogP contribution is 2.43. The molecule has 0 unspecified atom stereocenters. The van der Waals surface area contributed by atoms with Gasteiger partial charge in [-0.15, -0.1) is 0 Å². The van der Waals surface area contributed by atoms with Gasteiger partial charge in [-0.1, -0.05) is 91.0 Å². The molecular formula is C23H20NO3P. The molecule has 4 rings (SSSR count). The first-order valence-corrected chi connectivity index (χ1v) is 11.0. The Labute approximate surface area is 164 Å². The van der Waals surface area contributed by atoms with E-state index >= 15 is 0 Å². The Hall–Kier alpha value is -3.10. The molecule has 140 valence electrons. The summed E-state index contributed by atoms with van der Waals surface area (Å²) in [6.45, 7) is -1.89. The fourth-order valence-corrected chi connectivity index (χ4v) is 7.23. The first-order chi connectivity index (χ1) is 13.7. The van der Waals surface area contributed by atoms with Crippen molar-refractivity contribution in [3.05, 3.63) is 91.0 Å². The second-order valence-electron chi connectivity index (χ2n) is 6.46. The molecule has 1 fully saturated rings. The van der Waals surface area contributed by atoms with E-state index in [0.717, 1.165) is 15.9 Å². The van der Waals surface area contributed by atoms with Gasteiger partial charge in [-0.25, -0.2) is 9.69 Å². The van der Waals surface area contributed by atoms with Crippen LogP contribution in [0.1, 0.15) is 0 Å². The van der Waals surface area contributed by atoms with Crippen LogP contribution >= 0.6 is 6.89 Å². The van der Waals surface area contributed by atoms with Crippen molar-refractivity contribution in [2.45, 2.75) is 0 Å². The largest absolute Gasteiger partial charge is 0.447 e. The van der Waals surface area contributed by atoms with Gasteiger partial charge >= 0.3 is 6.09 Å². The van der Waals surface area contributed by atoms with Crippen LogP contribution in [0.15, 0.2) is 91.0 Å². The van der Waals surface area contributed by atoms with Crippen molar-refractivity contribution < 1.29 is 14.3 Å². The van der Waals surface area contributed by atoms with Gasteiger partial charge < -0.3 is 4.74 Å². The molecule has 0 radical (unpaired) electrons. The summed E-state index contributed by atoms with van der Waals surface area (Å²) in [6, 6.07) is 30.1.